The molecule has 0 saturated heterocycles. The Morgan fingerprint density at radius 1 is 1.29 bits per heavy atom. The SMILES string of the molecule is COc1cc(Cl)ccc1C(O)c1cncnc1. The molecule has 1 unspecified atom stereocenters. The van der Waals surface area contributed by atoms with Crippen LogP contribution in [0.5, 0.6) is 5.75 Å². The lowest BCUT2D eigenvalue weighted by molar-refractivity contribution is 0.214. The summed E-state index contributed by atoms with van der Waals surface area (Å²) in [6.07, 6.45) is 3.70. The number of aliphatic hydroxyl groups is 1. The van der Waals surface area contributed by atoms with Gasteiger partial charge in [-0.05, 0) is 12.1 Å². The van der Waals surface area contributed by atoms with Crippen LogP contribution in [0.25, 0.3) is 0 Å². The molecule has 1 aromatic heterocycles. The summed E-state index contributed by atoms with van der Waals surface area (Å²) < 4.78 is 5.18. The number of halogens is 1. The highest BCUT2D eigenvalue weighted by Crippen LogP contribution is 2.31. The van der Waals surface area contributed by atoms with E-state index in [0.717, 1.165) is 0 Å². The van der Waals surface area contributed by atoms with Gasteiger partial charge in [-0.25, -0.2) is 9.97 Å². The van der Waals surface area contributed by atoms with Gasteiger partial charge in [0.25, 0.3) is 0 Å². The first-order valence-corrected chi connectivity index (χ1v) is 5.36. The van der Waals surface area contributed by atoms with Crippen molar-refractivity contribution in [1.29, 1.82) is 0 Å². The number of nitrogens with zero attached hydrogens (tertiary/aromatic N) is 2. The quantitative estimate of drug-likeness (QED) is 0.908. The minimum absolute atomic E-state index is 0.536. The van der Waals surface area contributed by atoms with Crippen LogP contribution < -0.4 is 4.74 Å². The standard InChI is InChI=1S/C12H11ClN2O2/c1-17-11-4-9(13)2-3-10(11)12(16)8-5-14-7-15-6-8/h2-7,12,16H,1H3. The fourth-order valence-corrected chi connectivity index (χ4v) is 1.70. The molecule has 1 N–H and O–H groups in total. The molecule has 5 heteroatoms. The number of ether oxygens (including phenoxy) is 1. The smallest absolute Gasteiger partial charge is 0.126 e. The lowest BCUT2D eigenvalue weighted by atomic mass is 10.0. The molecule has 2 rings (SSSR count). The van der Waals surface area contributed by atoms with Gasteiger partial charge in [-0.15, -0.1) is 0 Å². The molecule has 1 heterocycles. The van der Waals surface area contributed by atoms with Gasteiger partial charge >= 0.3 is 0 Å². The summed E-state index contributed by atoms with van der Waals surface area (Å²) in [4.78, 5) is 7.73. The van der Waals surface area contributed by atoms with Crippen molar-refractivity contribution in [3.63, 3.8) is 0 Å². The molecule has 0 amide bonds. The number of aromatic nitrogens is 2. The molecule has 0 fully saturated rings. The third kappa shape index (κ3) is 2.54. The van der Waals surface area contributed by atoms with Crippen molar-refractivity contribution in [2.24, 2.45) is 0 Å². The van der Waals surface area contributed by atoms with E-state index >= 15 is 0 Å². The van der Waals surface area contributed by atoms with E-state index in [1.54, 1.807) is 30.6 Å². The highest BCUT2D eigenvalue weighted by Gasteiger charge is 2.16. The number of methoxy groups -OCH3 is 1. The van der Waals surface area contributed by atoms with E-state index in [9.17, 15) is 5.11 Å². The largest absolute Gasteiger partial charge is 0.496 e. The second-order valence-corrected chi connectivity index (χ2v) is 3.90. The molecule has 4 nitrogen and oxygen atoms in total. The molecular formula is C12H11ClN2O2. The lowest BCUT2D eigenvalue weighted by Crippen LogP contribution is -2.03. The Bertz CT molecular complexity index is 505. The fourth-order valence-electron chi connectivity index (χ4n) is 1.54. The molecule has 0 saturated carbocycles. The van der Waals surface area contributed by atoms with Crippen LogP contribution in [0.15, 0.2) is 36.9 Å². The predicted octanol–water partition coefficient (Wildman–Crippen LogP) is 2.22. The Balaban J connectivity index is 2.40. The summed E-state index contributed by atoms with van der Waals surface area (Å²) in [5, 5.41) is 10.7. The maximum Gasteiger partial charge on any atom is 0.126 e. The van der Waals surface area contributed by atoms with Crippen molar-refractivity contribution in [1.82, 2.24) is 9.97 Å². The monoisotopic (exact) mass is 250 g/mol. The maximum absolute atomic E-state index is 10.2. The first kappa shape index (κ1) is 11.8. The molecule has 0 radical (unpaired) electrons. The Kier molecular flexibility index (Phi) is 3.56. The molecule has 88 valence electrons. The van der Waals surface area contributed by atoms with E-state index in [1.807, 2.05) is 0 Å². The number of hydrogen-bond donors (Lipinski definition) is 1. The van der Waals surface area contributed by atoms with Gasteiger partial charge in [0.2, 0.25) is 0 Å². The van der Waals surface area contributed by atoms with Crippen LogP contribution in [0.4, 0.5) is 0 Å². The highest BCUT2D eigenvalue weighted by molar-refractivity contribution is 6.30. The van der Waals surface area contributed by atoms with Crippen LogP contribution in [0.1, 0.15) is 17.2 Å². The highest BCUT2D eigenvalue weighted by atomic mass is 35.5. The molecule has 0 bridgehead atoms. The van der Waals surface area contributed by atoms with Crippen molar-refractivity contribution >= 4 is 11.6 Å². The van der Waals surface area contributed by atoms with Gasteiger partial charge in [0.15, 0.2) is 0 Å². The number of hydrogen-bond acceptors (Lipinski definition) is 4. The second kappa shape index (κ2) is 5.12. The zero-order valence-corrected chi connectivity index (χ0v) is 9.93. The Hall–Kier alpha value is -1.65. The third-order valence-corrected chi connectivity index (χ3v) is 2.62. The van der Waals surface area contributed by atoms with E-state index in [0.29, 0.717) is 21.9 Å². The maximum atomic E-state index is 10.2. The lowest BCUT2D eigenvalue weighted by Gasteiger charge is -2.14. The van der Waals surface area contributed by atoms with E-state index in [-0.39, 0.29) is 0 Å². The molecule has 0 aliphatic carbocycles. The van der Waals surface area contributed by atoms with Crippen LogP contribution >= 0.6 is 11.6 Å². The normalized spacial score (nSPS) is 12.2. The summed E-state index contributed by atoms with van der Waals surface area (Å²) in [5.41, 5.74) is 1.24. The molecule has 17 heavy (non-hydrogen) atoms. The van der Waals surface area contributed by atoms with Crippen molar-refractivity contribution in [3.8, 4) is 5.75 Å². The summed E-state index contributed by atoms with van der Waals surface area (Å²) in [6.45, 7) is 0. The number of aliphatic hydroxyl groups excluding tert-OH is 1. The molecule has 1 atom stereocenters. The van der Waals surface area contributed by atoms with Gasteiger partial charge in [-0.1, -0.05) is 17.7 Å². The first-order valence-electron chi connectivity index (χ1n) is 4.99. The van der Waals surface area contributed by atoms with Crippen LogP contribution in [0.2, 0.25) is 5.02 Å². The average molecular weight is 251 g/mol. The van der Waals surface area contributed by atoms with Gasteiger partial charge in [-0.3, -0.25) is 0 Å². The average Bonchev–Trinajstić information content (AvgIpc) is 2.39. The van der Waals surface area contributed by atoms with E-state index in [4.69, 9.17) is 16.3 Å². The van der Waals surface area contributed by atoms with Crippen molar-refractivity contribution in [3.05, 3.63) is 53.1 Å². The van der Waals surface area contributed by atoms with Gasteiger partial charge in [0.1, 0.15) is 18.2 Å². The Morgan fingerprint density at radius 3 is 2.65 bits per heavy atom. The van der Waals surface area contributed by atoms with E-state index in [1.165, 1.54) is 13.4 Å². The summed E-state index contributed by atoms with van der Waals surface area (Å²) in [5.74, 6) is 0.536. The molecule has 0 spiro atoms. The van der Waals surface area contributed by atoms with E-state index in [2.05, 4.69) is 9.97 Å². The molecule has 2 aromatic rings. The van der Waals surface area contributed by atoms with Gasteiger partial charge in [-0.2, -0.15) is 0 Å². The van der Waals surface area contributed by atoms with Crippen molar-refractivity contribution < 1.29 is 9.84 Å². The van der Waals surface area contributed by atoms with Crippen LogP contribution in [0.3, 0.4) is 0 Å². The fraction of sp³-hybridized carbons (Fsp3) is 0.167. The zero-order valence-electron chi connectivity index (χ0n) is 9.17. The van der Waals surface area contributed by atoms with Gasteiger partial charge in [0, 0.05) is 28.5 Å². The summed E-state index contributed by atoms with van der Waals surface area (Å²) in [6, 6.07) is 5.08. The van der Waals surface area contributed by atoms with Crippen molar-refractivity contribution in [2.75, 3.05) is 7.11 Å². The topological polar surface area (TPSA) is 55.2 Å². The molecule has 0 aliphatic rings. The van der Waals surface area contributed by atoms with Gasteiger partial charge in [0.05, 0.1) is 7.11 Å². The predicted molar refractivity (Wildman–Crippen MR) is 64.1 cm³/mol. The van der Waals surface area contributed by atoms with Crippen LogP contribution in [-0.4, -0.2) is 22.2 Å². The minimum Gasteiger partial charge on any atom is -0.496 e. The molecular weight excluding hydrogens is 240 g/mol. The molecule has 0 aliphatic heterocycles. The van der Waals surface area contributed by atoms with E-state index < -0.39 is 6.10 Å². The Morgan fingerprint density at radius 2 is 2.00 bits per heavy atom. The third-order valence-electron chi connectivity index (χ3n) is 2.39. The number of rotatable bonds is 3. The van der Waals surface area contributed by atoms with Gasteiger partial charge < -0.3 is 9.84 Å². The first-order chi connectivity index (χ1) is 8.22. The molecule has 1 aromatic carbocycles. The van der Waals surface area contributed by atoms with Crippen LogP contribution in [0, 0.1) is 0 Å². The zero-order chi connectivity index (χ0) is 12.3. The summed E-state index contributed by atoms with van der Waals surface area (Å²) >= 11 is 5.86. The second-order valence-electron chi connectivity index (χ2n) is 3.46. The number of benzene rings is 1. The van der Waals surface area contributed by atoms with Crippen LogP contribution in [-0.2, 0) is 0 Å². The Labute approximate surface area is 104 Å². The summed E-state index contributed by atoms with van der Waals surface area (Å²) in [7, 11) is 1.53. The van der Waals surface area contributed by atoms with Crippen molar-refractivity contribution in [2.45, 2.75) is 6.10 Å². The minimum atomic E-state index is -0.830.